The quantitative estimate of drug-likeness (QED) is 0.405. The molecule has 0 N–H and O–H groups in total. The maximum absolute atomic E-state index is 13.1. The molecule has 0 aliphatic rings. The van der Waals surface area contributed by atoms with Crippen LogP contribution in [0.1, 0.15) is 22.9 Å². The zero-order valence-electron chi connectivity index (χ0n) is 16.9. The molecule has 8 nitrogen and oxygen atoms in total. The smallest absolute Gasteiger partial charge is 0.416 e. The highest BCUT2D eigenvalue weighted by atomic mass is 19.4. The van der Waals surface area contributed by atoms with E-state index in [0.717, 1.165) is 17.7 Å². The van der Waals surface area contributed by atoms with Gasteiger partial charge in [0.1, 0.15) is 18.3 Å². The van der Waals surface area contributed by atoms with Crippen LogP contribution in [0.4, 0.5) is 13.2 Å². The van der Waals surface area contributed by atoms with E-state index in [-0.39, 0.29) is 29.2 Å². The minimum Gasteiger partial charge on any atom is -0.423 e. The molecule has 2 aromatic carbocycles. The fourth-order valence-electron chi connectivity index (χ4n) is 3.40. The average molecular weight is 452 g/mol. The lowest BCUT2D eigenvalue weighted by molar-refractivity contribution is -0.137. The Bertz CT molecular complexity index is 1490. The Morgan fingerprint density at radius 2 is 1.76 bits per heavy atom. The zero-order chi connectivity index (χ0) is 23.0. The van der Waals surface area contributed by atoms with Crippen molar-refractivity contribution in [3.05, 3.63) is 100 Å². The van der Waals surface area contributed by atoms with Gasteiger partial charge in [0.05, 0.1) is 23.9 Å². The van der Waals surface area contributed by atoms with Crippen LogP contribution in [0.25, 0.3) is 16.7 Å². The first-order valence-corrected chi connectivity index (χ1v) is 9.84. The molecule has 0 unspecified atom stereocenters. The van der Waals surface area contributed by atoms with Crippen LogP contribution in [0.5, 0.6) is 0 Å². The molecular weight excluding hydrogens is 437 g/mol. The fourth-order valence-corrected chi connectivity index (χ4v) is 3.40. The monoisotopic (exact) mass is 452 g/mol. The van der Waals surface area contributed by atoms with Crippen LogP contribution in [0.15, 0.2) is 76.3 Å². The van der Waals surface area contributed by atoms with E-state index in [1.165, 1.54) is 33.9 Å². The average Bonchev–Trinajstić information content (AvgIpc) is 3.43. The molecule has 0 aliphatic carbocycles. The van der Waals surface area contributed by atoms with Crippen molar-refractivity contribution in [1.82, 2.24) is 29.5 Å². The van der Waals surface area contributed by atoms with Crippen molar-refractivity contribution >= 4 is 11.0 Å². The van der Waals surface area contributed by atoms with Crippen molar-refractivity contribution in [1.29, 1.82) is 0 Å². The Morgan fingerprint density at radius 3 is 2.55 bits per heavy atom. The van der Waals surface area contributed by atoms with Crippen LogP contribution in [0, 0.1) is 0 Å². The van der Waals surface area contributed by atoms with E-state index < -0.39 is 17.3 Å². The Morgan fingerprint density at radius 1 is 0.970 bits per heavy atom. The second-order valence-corrected chi connectivity index (χ2v) is 7.27. The van der Waals surface area contributed by atoms with Gasteiger partial charge in [-0.2, -0.15) is 18.3 Å². The number of nitrogens with zero attached hydrogens (tertiary/aromatic N) is 6. The number of alkyl halides is 3. The van der Waals surface area contributed by atoms with Gasteiger partial charge in [-0.3, -0.25) is 9.36 Å². The summed E-state index contributed by atoms with van der Waals surface area (Å²) in [6.07, 6.45) is -1.49. The van der Waals surface area contributed by atoms with E-state index in [1.807, 2.05) is 30.3 Å². The molecule has 0 fully saturated rings. The molecule has 5 rings (SSSR count). The van der Waals surface area contributed by atoms with Crippen LogP contribution < -0.4 is 5.56 Å². The molecule has 0 spiro atoms. The normalized spacial score (nSPS) is 11.8. The standard InChI is InChI=1S/C22H15F3N6O2/c23-22(24,25)15-7-4-8-16(10-15)31-20-17(11-27-31)21(32)30(13-26-20)12-19-29-28-18(33-19)9-14-5-2-1-3-6-14/h1-8,10-11,13H,9,12H2. The number of halogens is 3. The van der Waals surface area contributed by atoms with Crippen molar-refractivity contribution < 1.29 is 17.6 Å². The Kier molecular flexibility index (Phi) is 5.00. The molecular formula is C22H15F3N6O2. The Labute approximate surface area is 183 Å². The van der Waals surface area contributed by atoms with Crippen LogP contribution in [0.3, 0.4) is 0 Å². The van der Waals surface area contributed by atoms with Gasteiger partial charge in [0.15, 0.2) is 5.65 Å². The second kappa shape index (κ2) is 8.01. The van der Waals surface area contributed by atoms with Crippen molar-refractivity contribution in [2.45, 2.75) is 19.1 Å². The maximum Gasteiger partial charge on any atom is 0.416 e. The minimum absolute atomic E-state index is 0.00168. The maximum atomic E-state index is 13.1. The molecule has 11 heteroatoms. The molecule has 0 radical (unpaired) electrons. The van der Waals surface area contributed by atoms with E-state index in [2.05, 4.69) is 20.3 Å². The molecule has 0 amide bonds. The Balaban J connectivity index is 1.42. The van der Waals surface area contributed by atoms with Gasteiger partial charge in [-0.15, -0.1) is 10.2 Å². The third-order valence-corrected chi connectivity index (χ3v) is 4.99. The fraction of sp³-hybridized carbons (Fsp3) is 0.136. The SMILES string of the molecule is O=c1c2cnn(-c3cccc(C(F)(F)F)c3)c2ncn1Cc1nnc(Cc2ccccc2)o1. The van der Waals surface area contributed by atoms with Crippen molar-refractivity contribution in [3.63, 3.8) is 0 Å². The molecule has 3 aromatic heterocycles. The summed E-state index contributed by atoms with van der Waals surface area (Å²) < 4.78 is 47.3. The highest BCUT2D eigenvalue weighted by Crippen LogP contribution is 2.30. The lowest BCUT2D eigenvalue weighted by atomic mass is 10.2. The molecule has 166 valence electrons. The lowest BCUT2D eigenvalue weighted by Crippen LogP contribution is -2.21. The number of fused-ring (bicyclic) bond motifs is 1. The highest BCUT2D eigenvalue weighted by molar-refractivity contribution is 5.75. The molecule has 0 atom stereocenters. The zero-order valence-corrected chi connectivity index (χ0v) is 16.9. The number of benzene rings is 2. The number of hydrogen-bond donors (Lipinski definition) is 0. The predicted octanol–water partition coefficient (Wildman–Crippen LogP) is 3.62. The van der Waals surface area contributed by atoms with Crippen molar-refractivity contribution in [2.75, 3.05) is 0 Å². The van der Waals surface area contributed by atoms with Crippen molar-refractivity contribution in [2.24, 2.45) is 0 Å². The molecule has 0 saturated heterocycles. The Hall–Kier alpha value is -4.28. The van der Waals surface area contributed by atoms with Crippen LogP contribution >= 0.6 is 0 Å². The van der Waals surface area contributed by atoms with E-state index in [4.69, 9.17) is 4.42 Å². The van der Waals surface area contributed by atoms with Gasteiger partial charge in [0, 0.05) is 0 Å². The van der Waals surface area contributed by atoms with Crippen molar-refractivity contribution in [3.8, 4) is 5.69 Å². The van der Waals surface area contributed by atoms with Crippen LogP contribution in [-0.4, -0.2) is 29.5 Å². The minimum atomic E-state index is -4.50. The van der Waals surface area contributed by atoms with Crippen LogP contribution in [-0.2, 0) is 19.1 Å². The summed E-state index contributed by atoms with van der Waals surface area (Å²) in [6.45, 7) is -0.00168. The molecule has 0 aliphatic heterocycles. The second-order valence-electron chi connectivity index (χ2n) is 7.27. The van der Waals surface area contributed by atoms with Gasteiger partial charge in [-0.05, 0) is 23.8 Å². The van der Waals surface area contributed by atoms with Gasteiger partial charge in [0.2, 0.25) is 11.8 Å². The van der Waals surface area contributed by atoms with E-state index in [0.29, 0.717) is 12.3 Å². The summed E-state index contributed by atoms with van der Waals surface area (Å²) in [5.41, 5.74) is 0.0495. The molecule has 3 heterocycles. The van der Waals surface area contributed by atoms with E-state index in [1.54, 1.807) is 0 Å². The third kappa shape index (κ3) is 4.12. The summed E-state index contributed by atoms with van der Waals surface area (Å²) in [6, 6.07) is 14.3. The topological polar surface area (TPSA) is 91.6 Å². The highest BCUT2D eigenvalue weighted by Gasteiger charge is 2.30. The van der Waals surface area contributed by atoms with Gasteiger partial charge in [0.25, 0.3) is 5.56 Å². The number of aromatic nitrogens is 6. The first kappa shape index (κ1) is 20.6. The van der Waals surface area contributed by atoms with E-state index >= 15 is 0 Å². The summed E-state index contributed by atoms with van der Waals surface area (Å²) in [5, 5.41) is 12.2. The largest absolute Gasteiger partial charge is 0.423 e. The van der Waals surface area contributed by atoms with Gasteiger partial charge in [-0.25, -0.2) is 9.67 Å². The molecule has 0 saturated carbocycles. The molecule has 0 bridgehead atoms. The summed E-state index contributed by atoms with van der Waals surface area (Å²) in [7, 11) is 0. The lowest BCUT2D eigenvalue weighted by Gasteiger charge is -2.09. The van der Waals surface area contributed by atoms with E-state index in [9.17, 15) is 18.0 Å². The molecule has 5 aromatic rings. The summed E-state index contributed by atoms with van der Waals surface area (Å²) in [4.78, 5) is 17.1. The summed E-state index contributed by atoms with van der Waals surface area (Å²) >= 11 is 0. The van der Waals surface area contributed by atoms with Gasteiger partial charge >= 0.3 is 6.18 Å². The van der Waals surface area contributed by atoms with Crippen LogP contribution in [0.2, 0.25) is 0 Å². The number of rotatable bonds is 5. The predicted molar refractivity (Wildman–Crippen MR) is 111 cm³/mol. The number of hydrogen-bond acceptors (Lipinski definition) is 6. The van der Waals surface area contributed by atoms with Gasteiger partial charge < -0.3 is 4.42 Å². The van der Waals surface area contributed by atoms with Gasteiger partial charge in [-0.1, -0.05) is 36.4 Å². The first-order chi connectivity index (χ1) is 15.9. The molecule has 33 heavy (non-hydrogen) atoms. The summed E-state index contributed by atoms with van der Waals surface area (Å²) in [5.74, 6) is 0.644. The third-order valence-electron chi connectivity index (χ3n) is 4.99. The first-order valence-electron chi connectivity index (χ1n) is 9.84.